The fraction of sp³-hybridized carbons (Fsp3) is 0.462. The molecule has 0 aliphatic heterocycles. The van der Waals surface area contributed by atoms with Crippen molar-refractivity contribution in [2.75, 3.05) is 13.7 Å². The van der Waals surface area contributed by atoms with Crippen LogP contribution in [0.5, 0.6) is 5.75 Å². The highest BCUT2D eigenvalue weighted by molar-refractivity contribution is 6.35. The molecule has 18 heavy (non-hydrogen) atoms. The van der Waals surface area contributed by atoms with Crippen molar-refractivity contribution in [3.8, 4) is 11.8 Å². The molecule has 1 aromatic rings. The highest BCUT2D eigenvalue weighted by Crippen LogP contribution is 2.32. The SMILES string of the molecule is CNCc1cc(Cl)cc(Cl)c1OCCCCC#N. The van der Waals surface area contributed by atoms with Gasteiger partial charge in [0.05, 0.1) is 17.7 Å². The van der Waals surface area contributed by atoms with E-state index in [-0.39, 0.29) is 0 Å². The van der Waals surface area contributed by atoms with E-state index in [0.717, 1.165) is 18.4 Å². The number of unbranched alkanes of at least 4 members (excludes halogenated alkanes) is 2. The van der Waals surface area contributed by atoms with Crippen molar-refractivity contribution < 1.29 is 4.74 Å². The molecule has 0 saturated carbocycles. The number of ether oxygens (including phenoxy) is 1. The number of hydrogen-bond acceptors (Lipinski definition) is 3. The third-order valence-corrected chi connectivity index (χ3v) is 2.88. The van der Waals surface area contributed by atoms with E-state index in [1.165, 1.54) is 0 Å². The van der Waals surface area contributed by atoms with Crippen molar-refractivity contribution in [2.24, 2.45) is 0 Å². The smallest absolute Gasteiger partial charge is 0.142 e. The van der Waals surface area contributed by atoms with Gasteiger partial charge in [0.2, 0.25) is 0 Å². The van der Waals surface area contributed by atoms with Crippen LogP contribution in [-0.2, 0) is 6.54 Å². The first kappa shape index (κ1) is 15.1. The van der Waals surface area contributed by atoms with Crippen molar-refractivity contribution in [3.63, 3.8) is 0 Å². The maximum Gasteiger partial charge on any atom is 0.142 e. The summed E-state index contributed by atoms with van der Waals surface area (Å²) in [6.45, 7) is 1.20. The van der Waals surface area contributed by atoms with Crippen molar-refractivity contribution in [1.29, 1.82) is 5.26 Å². The summed E-state index contributed by atoms with van der Waals surface area (Å²) in [6.07, 6.45) is 2.23. The zero-order chi connectivity index (χ0) is 13.4. The van der Waals surface area contributed by atoms with Crippen molar-refractivity contribution in [1.82, 2.24) is 5.32 Å². The second-order valence-electron chi connectivity index (χ2n) is 3.87. The van der Waals surface area contributed by atoms with Crippen molar-refractivity contribution in [3.05, 3.63) is 27.7 Å². The monoisotopic (exact) mass is 286 g/mol. The van der Waals surface area contributed by atoms with Gasteiger partial charge in [-0.15, -0.1) is 0 Å². The first-order valence-corrected chi connectivity index (χ1v) is 6.57. The van der Waals surface area contributed by atoms with Crippen molar-refractivity contribution in [2.45, 2.75) is 25.8 Å². The van der Waals surface area contributed by atoms with Gasteiger partial charge in [0.15, 0.2) is 0 Å². The Morgan fingerprint density at radius 2 is 2.11 bits per heavy atom. The molecule has 1 aromatic carbocycles. The molecule has 0 heterocycles. The van der Waals surface area contributed by atoms with Gasteiger partial charge in [0, 0.05) is 23.6 Å². The second kappa shape index (κ2) is 8.20. The Balaban J connectivity index is 2.65. The third-order valence-electron chi connectivity index (χ3n) is 2.38. The Labute approximate surface area is 118 Å². The molecule has 98 valence electrons. The van der Waals surface area contributed by atoms with Crippen LogP contribution in [0.1, 0.15) is 24.8 Å². The molecule has 0 radical (unpaired) electrons. The number of nitriles is 1. The van der Waals surface area contributed by atoms with Crippen LogP contribution >= 0.6 is 23.2 Å². The van der Waals surface area contributed by atoms with Crippen LogP contribution in [0.2, 0.25) is 10.0 Å². The van der Waals surface area contributed by atoms with Gasteiger partial charge in [-0.1, -0.05) is 23.2 Å². The van der Waals surface area contributed by atoms with Gasteiger partial charge in [-0.05, 0) is 32.0 Å². The summed E-state index contributed by atoms with van der Waals surface area (Å²) in [5.41, 5.74) is 0.940. The van der Waals surface area contributed by atoms with Crippen LogP contribution in [0, 0.1) is 11.3 Å². The van der Waals surface area contributed by atoms with E-state index >= 15 is 0 Å². The van der Waals surface area contributed by atoms with Crippen LogP contribution in [-0.4, -0.2) is 13.7 Å². The Bertz CT molecular complexity index is 430. The summed E-state index contributed by atoms with van der Waals surface area (Å²) in [5, 5.41) is 12.6. The molecule has 0 atom stereocenters. The third kappa shape index (κ3) is 4.73. The summed E-state index contributed by atoms with van der Waals surface area (Å²) in [7, 11) is 1.85. The van der Waals surface area contributed by atoms with Crippen molar-refractivity contribution >= 4 is 23.2 Å². The van der Waals surface area contributed by atoms with Gasteiger partial charge in [0.25, 0.3) is 0 Å². The lowest BCUT2D eigenvalue weighted by Gasteiger charge is -2.13. The molecular weight excluding hydrogens is 271 g/mol. The van der Waals surface area contributed by atoms with Crippen LogP contribution in [0.4, 0.5) is 0 Å². The summed E-state index contributed by atoms with van der Waals surface area (Å²) in [4.78, 5) is 0. The lowest BCUT2D eigenvalue weighted by molar-refractivity contribution is 0.304. The lowest BCUT2D eigenvalue weighted by atomic mass is 10.2. The van der Waals surface area contributed by atoms with E-state index in [4.69, 9.17) is 33.2 Å². The van der Waals surface area contributed by atoms with Crippen LogP contribution < -0.4 is 10.1 Å². The van der Waals surface area contributed by atoms with Gasteiger partial charge >= 0.3 is 0 Å². The Hall–Kier alpha value is -0.950. The summed E-state index contributed by atoms with van der Waals surface area (Å²) < 4.78 is 5.68. The van der Waals surface area contributed by atoms with Gasteiger partial charge in [-0.25, -0.2) is 0 Å². The van der Waals surface area contributed by atoms with E-state index in [0.29, 0.717) is 35.4 Å². The molecule has 0 saturated heterocycles. The molecule has 0 spiro atoms. The molecule has 0 aromatic heterocycles. The minimum atomic E-state index is 0.521. The van der Waals surface area contributed by atoms with E-state index in [1.807, 2.05) is 13.1 Å². The van der Waals surface area contributed by atoms with Crippen LogP contribution in [0.3, 0.4) is 0 Å². The maximum atomic E-state index is 8.44. The molecule has 0 aliphatic rings. The predicted molar refractivity (Wildman–Crippen MR) is 74.2 cm³/mol. The average molecular weight is 287 g/mol. The normalized spacial score (nSPS) is 10.1. The highest BCUT2D eigenvalue weighted by Gasteiger charge is 2.10. The second-order valence-corrected chi connectivity index (χ2v) is 4.71. The molecule has 5 heteroatoms. The van der Waals surface area contributed by atoms with Gasteiger partial charge in [-0.2, -0.15) is 5.26 Å². The Kier molecular flexibility index (Phi) is 6.89. The molecule has 0 aliphatic carbocycles. The quantitative estimate of drug-likeness (QED) is 0.776. The maximum absolute atomic E-state index is 8.44. The predicted octanol–water partition coefficient (Wildman–Crippen LogP) is 3.79. The fourth-order valence-electron chi connectivity index (χ4n) is 1.58. The number of benzene rings is 1. The number of hydrogen-bond donors (Lipinski definition) is 1. The molecule has 1 rings (SSSR count). The molecule has 0 bridgehead atoms. The summed E-state index contributed by atoms with van der Waals surface area (Å²) >= 11 is 12.1. The Morgan fingerprint density at radius 1 is 1.33 bits per heavy atom. The van der Waals surface area contributed by atoms with E-state index in [1.54, 1.807) is 6.07 Å². The van der Waals surface area contributed by atoms with Crippen LogP contribution in [0.15, 0.2) is 12.1 Å². The van der Waals surface area contributed by atoms with Crippen LogP contribution in [0.25, 0.3) is 0 Å². The van der Waals surface area contributed by atoms with Gasteiger partial charge in [-0.3, -0.25) is 0 Å². The standard InChI is InChI=1S/C13H16Cl2N2O/c1-17-9-10-7-11(14)8-12(15)13(10)18-6-4-2-3-5-16/h7-8,17H,2-4,6,9H2,1H3. The van der Waals surface area contributed by atoms with E-state index in [9.17, 15) is 0 Å². The number of nitrogens with zero attached hydrogens (tertiary/aromatic N) is 1. The summed E-state index contributed by atoms with van der Waals surface area (Å²) in [6, 6.07) is 5.62. The molecule has 0 unspecified atom stereocenters. The van der Waals surface area contributed by atoms with E-state index in [2.05, 4.69) is 11.4 Å². The zero-order valence-corrected chi connectivity index (χ0v) is 11.8. The van der Waals surface area contributed by atoms with Gasteiger partial charge in [0.1, 0.15) is 5.75 Å². The fourth-order valence-corrected chi connectivity index (χ4v) is 2.17. The molecular formula is C13H16Cl2N2O. The zero-order valence-electron chi connectivity index (χ0n) is 10.3. The van der Waals surface area contributed by atoms with E-state index < -0.39 is 0 Å². The molecule has 0 amide bonds. The molecule has 1 N–H and O–H groups in total. The molecule has 3 nitrogen and oxygen atoms in total. The average Bonchev–Trinajstić information content (AvgIpc) is 2.32. The molecule has 0 fully saturated rings. The largest absolute Gasteiger partial charge is 0.492 e. The topological polar surface area (TPSA) is 45.0 Å². The first-order valence-electron chi connectivity index (χ1n) is 5.81. The first-order chi connectivity index (χ1) is 8.69. The number of rotatable bonds is 7. The number of halogens is 2. The Morgan fingerprint density at radius 3 is 2.78 bits per heavy atom. The lowest BCUT2D eigenvalue weighted by Crippen LogP contribution is -2.08. The minimum absolute atomic E-state index is 0.521. The summed E-state index contributed by atoms with van der Waals surface area (Å²) in [5.74, 6) is 0.673. The minimum Gasteiger partial charge on any atom is -0.492 e. The highest BCUT2D eigenvalue weighted by atomic mass is 35.5. The van der Waals surface area contributed by atoms with Gasteiger partial charge < -0.3 is 10.1 Å². The number of nitrogens with one attached hydrogen (secondary N) is 1.